The molecule has 0 aromatic heterocycles. The van der Waals surface area contributed by atoms with Crippen molar-refractivity contribution in [3.8, 4) is 11.5 Å². The van der Waals surface area contributed by atoms with Crippen molar-refractivity contribution in [2.45, 2.75) is 63.8 Å². The summed E-state index contributed by atoms with van der Waals surface area (Å²) in [4.78, 5) is 37.9. The van der Waals surface area contributed by atoms with Crippen molar-refractivity contribution in [3.63, 3.8) is 0 Å². The molecule has 3 amide bonds. The van der Waals surface area contributed by atoms with Gasteiger partial charge in [0.15, 0.2) is 11.5 Å². The minimum atomic E-state index is -3.00. The lowest BCUT2D eigenvalue weighted by Gasteiger charge is -2.35. The van der Waals surface area contributed by atoms with Gasteiger partial charge in [-0.3, -0.25) is 14.4 Å². The molecule has 0 saturated carbocycles. The second-order valence-corrected chi connectivity index (χ2v) is 8.99. The Hall–Kier alpha value is -3.63. The van der Waals surface area contributed by atoms with Crippen LogP contribution in [-0.2, 0) is 14.4 Å². The number of likely N-dealkylation sites (tertiary alicyclic amines) is 1. The van der Waals surface area contributed by atoms with Gasteiger partial charge in [0.1, 0.15) is 5.54 Å². The zero-order valence-electron chi connectivity index (χ0n) is 19.8. The maximum absolute atomic E-state index is 12.8. The second kappa shape index (κ2) is 10.3. The Labute approximate surface area is 202 Å². The van der Waals surface area contributed by atoms with Crippen LogP contribution in [0, 0.1) is 0 Å². The number of hydrogen-bond acceptors (Lipinski definition) is 6. The number of primary amides is 2. The number of dihydropyridines is 1. The topological polar surface area (TPSA) is 137 Å². The molecule has 1 saturated heterocycles. The summed E-state index contributed by atoms with van der Waals surface area (Å²) in [6.07, 6.45) is 4.66. The number of halogens is 2. The largest absolute Gasteiger partial charge is 0.487 e. The molecule has 3 rings (SSSR count). The van der Waals surface area contributed by atoms with Gasteiger partial charge >= 0.3 is 6.61 Å². The first-order valence-electron chi connectivity index (χ1n) is 11.2. The van der Waals surface area contributed by atoms with E-state index in [0.717, 1.165) is 5.56 Å². The smallest absolute Gasteiger partial charge is 0.387 e. The maximum atomic E-state index is 12.8. The highest BCUT2D eigenvalue weighted by atomic mass is 19.3. The van der Waals surface area contributed by atoms with Gasteiger partial charge < -0.3 is 31.2 Å². The Morgan fingerprint density at radius 3 is 2.43 bits per heavy atom. The molecule has 190 valence electrons. The van der Waals surface area contributed by atoms with Gasteiger partial charge in [-0.1, -0.05) is 6.07 Å². The third-order valence-corrected chi connectivity index (χ3v) is 6.15. The van der Waals surface area contributed by atoms with E-state index in [1.165, 1.54) is 31.3 Å². The van der Waals surface area contributed by atoms with Crippen LogP contribution in [-0.4, -0.2) is 53.5 Å². The lowest BCUT2D eigenvalue weighted by atomic mass is 9.84. The molecule has 1 unspecified atom stereocenters. The lowest BCUT2D eigenvalue weighted by Crippen LogP contribution is -2.56. The average molecular weight is 493 g/mol. The molecule has 11 heteroatoms. The first kappa shape index (κ1) is 26.0. The molecule has 1 aromatic carbocycles. The number of carbonyl (C=O) groups is 3. The van der Waals surface area contributed by atoms with Gasteiger partial charge in [-0.25, -0.2) is 0 Å². The maximum Gasteiger partial charge on any atom is 0.387 e. The summed E-state index contributed by atoms with van der Waals surface area (Å²) < 4.78 is 35.9. The first-order chi connectivity index (χ1) is 16.4. The quantitative estimate of drug-likeness (QED) is 0.482. The highest BCUT2D eigenvalue weighted by Gasteiger charge is 2.43. The number of nitrogens with two attached hydrogens (primary N) is 2. The van der Waals surface area contributed by atoms with E-state index in [4.69, 9.17) is 16.2 Å². The summed E-state index contributed by atoms with van der Waals surface area (Å²) in [6.45, 7) is 2.35. The summed E-state index contributed by atoms with van der Waals surface area (Å²) in [5.41, 5.74) is 10.7. The van der Waals surface area contributed by atoms with Crippen molar-refractivity contribution < 1.29 is 32.6 Å². The molecule has 9 nitrogen and oxygen atoms in total. The van der Waals surface area contributed by atoms with Crippen LogP contribution in [0.4, 0.5) is 8.78 Å². The third kappa shape index (κ3) is 5.90. The summed E-state index contributed by atoms with van der Waals surface area (Å²) in [7, 11) is 0. The van der Waals surface area contributed by atoms with E-state index in [1.54, 1.807) is 30.9 Å². The Bertz CT molecular complexity index is 1060. The van der Waals surface area contributed by atoms with Gasteiger partial charge in [0, 0.05) is 38.0 Å². The Morgan fingerprint density at radius 2 is 1.91 bits per heavy atom. The van der Waals surface area contributed by atoms with Gasteiger partial charge in [0.05, 0.1) is 11.7 Å². The Morgan fingerprint density at radius 1 is 1.20 bits per heavy atom. The Balaban J connectivity index is 1.87. The molecule has 0 bridgehead atoms. The molecular formula is C24H30F2N4O5. The van der Waals surface area contributed by atoms with Crippen LogP contribution in [0.1, 0.15) is 45.1 Å². The predicted octanol–water partition coefficient (Wildman–Crippen LogP) is 1.92. The zero-order chi connectivity index (χ0) is 25.9. The number of nitrogens with one attached hydrogen (secondary N) is 1. The van der Waals surface area contributed by atoms with Crippen molar-refractivity contribution in [2.75, 3.05) is 6.54 Å². The molecule has 1 aromatic rings. The van der Waals surface area contributed by atoms with E-state index in [9.17, 15) is 23.2 Å². The minimum Gasteiger partial charge on any atom is -0.487 e. The summed E-state index contributed by atoms with van der Waals surface area (Å²) in [5.74, 6) is -1.53. The molecular weight excluding hydrogens is 462 g/mol. The van der Waals surface area contributed by atoms with Crippen LogP contribution >= 0.6 is 0 Å². The van der Waals surface area contributed by atoms with Crippen molar-refractivity contribution in [1.29, 1.82) is 0 Å². The van der Waals surface area contributed by atoms with Crippen LogP contribution in [0.15, 0.2) is 42.1 Å². The van der Waals surface area contributed by atoms with Crippen molar-refractivity contribution in [3.05, 3.63) is 47.7 Å². The van der Waals surface area contributed by atoms with Gasteiger partial charge in [-0.15, -0.1) is 0 Å². The number of carbonyl (C=O) groups excluding carboxylic acids is 3. The highest BCUT2D eigenvalue weighted by molar-refractivity contribution is 5.96. The van der Waals surface area contributed by atoms with Crippen molar-refractivity contribution >= 4 is 17.7 Å². The fraction of sp³-hybridized carbons (Fsp3) is 0.458. The average Bonchev–Trinajstić information content (AvgIpc) is 3.18. The lowest BCUT2D eigenvalue weighted by molar-refractivity contribution is -0.131. The molecule has 2 aliphatic rings. The number of amides is 3. The molecule has 0 radical (unpaired) electrons. The number of nitrogens with zero attached hydrogens (tertiary/aromatic N) is 1. The van der Waals surface area contributed by atoms with Crippen LogP contribution < -0.4 is 26.3 Å². The fourth-order valence-electron chi connectivity index (χ4n) is 4.50. The molecule has 0 spiro atoms. The molecule has 5 N–H and O–H groups in total. The van der Waals surface area contributed by atoms with E-state index >= 15 is 0 Å². The van der Waals surface area contributed by atoms with E-state index in [2.05, 4.69) is 10.1 Å². The minimum absolute atomic E-state index is 0.0725. The van der Waals surface area contributed by atoms with Gasteiger partial charge in [0.25, 0.3) is 0 Å². The molecule has 2 heterocycles. The van der Waals surface area contributed by atoms with E-state index in [0.29, 0.717) is 13.0 Å². The second-order valence-electron chi connectivity index (χ2n) is 8.99. The first-order valence-corrected chi connectivity index (χ1v) is 11.2. The van der Waals surface area contributed by atoms with Crippen LogP contribution in [0.3, 0.4) is 0 Å². The van der Waals surface area contributed by atoms with Crippen molar-refractivity contribution in [2.24, 2.45) is 11.5 Å². The van der Waals surface area contributed by atoms with Crippen molar-refractivity contribution in [1.82, 2.24) is 10.2 Å². The number of benzene rings is 1. The molecule has 1 fully saturated rings. The number of alkyl halides is 2. The molecule has 0 aliphatic carbocycles. The number of hydrogen-bond donors (Lipinski definition) is 3. The predicted molar refractivity (Wildman–Crippen MR) is 123 cm³/mol. The normalized spacial score (nSPS) is 23.7. The van der Waals surface area contributed by atoms with E-state index in [-0.39, 0.29) is 47.5 Å². The summed E-state index contributed by atoms with van der Waals surface area (Å²) in [6, 6.07) is 4.38. The molecule has 35 heavy (non-hydrogen) atoms. The van der Waals surface area contributed by atoms with E-state index < -0.39 is 24.0 Å². The van der Waals surface area contributed by atoms with Gasteiger partial charge in [0.2, 0.25) is 17.7 Å². The fourth-order valence-corrected chi connectivity index (χ4v) is 4.50. The highest BCUT2D eigenvalue weighted by Crippen LogP contribution is 2.40. The molecule has 2 aliphatic heterocycles. The summed E-state index contributed by atoms with van der Waals surface area (Å²) in [5, 5.41) is 2.89. The summed E-state index contributed by atoms with van der Waals surface area (Å²) >= 11 is 0. The molecule has 3 atom stereocenters. The van der Waals surface area contributed by atoms with Crippen LogP contribution in [0.25, 0.3) is 0 Å². The number of rotatable bonds is 9. The third-order valence-electron chi connectivity index (χ3n) is 6.15. The van der Waals surface area contributed by atoms with Crippen LogP contribution in [0.5, 0.6) is 11.5 Å². The Kier molecular flexibility index (Phi) is 7.67. The standard InChI is InChI=1S/C24H30F2N4O5/c1-13(2)34-20-9-15(4-5-19(20)35-23(25)26)17-8-18(30(12-17)14(3)31)10-24(22(28)33)7-6-16(11-29-24)21(27)32/h4-7,9,11,13,17-18,23,29H,8,10,12H2,1-3H3,(H2,27,32)(H2,28,33)/t17-,18-,24?/m1/s1. The van der Waals surface area contributed by atoms with E-state index in [1.807, 2.05) is 0 Å². The zero-order valence-corrected chi connectivity index (χ0v) is 19.8. The van der Waals surface area contributed by atoms with Gasteiger partial charge in [-0.2, -0.15) is 8.78 Å². The SMILES string of the molecule is CC(=O)N1C[C@H](c2ccc(OC(F)F)c(OC(C)C)c2)C[C@@H]1CC1(C(N)=O)C=CC(C(N)=O)=CN1. The van der Waals surface area contributed by atoms with Crippen LogP contribution in [0.2, 0.25) is 0 Å². The monoisotopic (exact) mass is 492 g/mol. The van der Waals surface area contributed by atoms with Gasteiger partial charge in [-0.05, 0) is 50.1 Å². The number of ether oxygens (including phenoxy) is 2.